The summed E-state index contributed by atoms with van der Waals surface area (Å²) in [6, 6.07) is 11.2. The van der Waals surface area contributed by atoms with E-state index in [1.807, 2.05) is 6.07 Å². The summed E-state index contributed by atoms with van der Waals surface area (Å²) in [5, 5.41) is 7.30. The number of anilines is 3. The molecule has 0 aliphatic carbocycles. The highest BCUT2D eigenvalue weighted by atomic mass is 19.3. The molecule has 3 heterocycles. The Hall–Kier alpha value is -3.11. The molecule has 32 heavy (non-hydrogen) atoms. The summed E-state index contributed by atoms with van der Waals surface area (Å²) in [5.41, 5.74) is 1.69. The number of hydrogen-bond donors (Lipinski definition) is 1. The van der Waals surface area contributed by atoms with Crippen molar-refractivity contribution in [1.29, 1.82) is 0 Å². The van der Waals surface area contributed by atoms with Gasteiger partial charge in [0.1, 0.15) is 12.1 Å². The maximum absolute atomic E-state index is 14.3. The van der Waals surface area contributed by atoms with Gasteiger partial charge in [0.2, 0.25) is 5.95 Å². The van der Waals surface area contributed by atoms with Gasteiger partial charge in [0.15, 0.2) is 0 Å². The third kappa shape index (κ3) is 4.42. The molecular weight excluding hydrogens is 421 g/mol. The number of nitrogens with one attached hydrogen (secondary N) is 1. The number of alkyl halides is 2. The van der Waals surface area contributed by atoms with Gasteiger partial charge in [-0.1, -0.05) is 12.1 Å². The Kier molecular flexibility index (Phi) is 5.71. The SMILES string of the molecule is Fc1cc(Nc2ncn(-c3cccc(C(F)F)c3)n2)cc(N2CCN(C3COC3)CC2)c1. The van der Waals surface area contributed by atoms with E-state index in [1.165, 1.54) is 35.3 Å². The molecular formula is C22H23F3N6O. The van der Waals surface area contributed by atoms with Crippen molar-refractivity contribution in [2.24, 2.45) is 0 Å². The van der Waals surface area contributed by atoms with Gasteiger partial charge >= 0.3 is 0 Å². The Balaban J connectivity index is 1.28. The van der Waals surface area contributed by atoms with Crippen molar-refractivity contribution in [2.75, 3.05) is 49.6 Å². The Morgan fingerprint density at radius 3 is 2.53 bits per heavy atom. The van der Waals surface area contributed by atoms with Crippen LogP contribution in [0.25, 0.3) is 5.69 Å². The lowest BCUT2D eigenvalue weighted by atomic mass is 10.1. The fourth-order valence-electron chi connectivity index (χ4n) is 3.99. The molecule has 2 aromatic carbocycles. The van der Waals surface area contributed by atoms with Gasteiger partial charge in [-0.15, -0.1) is 5.10 Å². The smallest absolute Gasteiger partial charge is 0.263 e. The van der Waals surface area contributed by atoms with Crippen molar-refractivity contribution in [1.82, 2.24) is 19.7 Å². The van der Waals surface area contributed by atoms with Gasteiger partial charge in [0, 0.05) is 43.1 Å². The normalized spacial score (nSPS) is 17.6. The first-order chi connectivity index (χ1) is 15.5. The second kappa shape index (κ2) is 8.79. The zero-order valence-corrected chi connectivity index (χ0v) is 17.3. The molecule has 2 fully saturated rings. The predicted octanol–water partition coefficient (Wildman–Crippen LogP) is 3.61. The van der Waals surface area contributed by atoms with Crippen molar-refractivity contribution in [3.8, 4) is 5.69 Å². The van der Waals surface area contributed by atoms with Crippen molar-refractivity contribution in [3.63, 3.8) is 0 Å². The minimum atomic E-state index is -2.56. The summed E-state index contributed by atoms with van der Waals surface area (Å²) in [5.74, 6) is -0.109. The first kappa shape index (κ1) is 20.8. The predicted molar refractivity (Wildman–Crippen MR) is 114 cm³/mol. The van der Waals surface area contributed by atoms with E-state index in [0.29, 0.717) is 17.4 Å². The molecule has 7 nitrogen and oxygen atoms in total. The monoisotopic (exact) mass is 444 g/mol. The van der Waals surface area contributed by atoms with Gasteiger partial charge in [0.05, 0.1) is 24.9 Å². The second-order valence-electron chi connectivity index (χ2n) is 7.95. The van der Waals surface area contributed by atoms with Crippen LogP contribution in [-0.2, 0) is 4.74 Å². The van der Waals surface area contributed by atoms with E-state index in [9.17, 15) is 13.2 Å². The molecule has 0 saturated carbocycles. The van der Waals surface area contributed by atoms with Crippen LogP contribution in [-0.4, -0.2) is 65.1 Å². The number of hydrogen-bond acceptors (Lipinski definition) is 6. The van der Waals surface area contributed by atoms with Crippen molar-refractivity contribution < 1.29 is 17.9 Å². The molecule has 2 saturated heterocycles. The summed E-state index contributed by atoms with van der Waals surface area (Å²) >= 11 is 0. The molecule has 1 N–H and O–H groups in total. The zero-order chi connectivity index (χ0) is 22.1. The lowest BCUT2D eigenvalue weighted by Gasteiger charge is -2.43. The Labute approximate surface area is 183 Å². The molecule has 0 unspecified atom stereocenters. The van der Waals surface area contributed by atoms with Crippen LogP contribution in [0.3, 0.4) is 0 Å². The Morgan fingerprint density at radius 2 is 1.81 bits per heavy atom. The molecule has 0 amide bonds. The average Bonchev–Trinajstić information content (AvgIpc) is 3.21. The van der Waals surface area contributed by atoms with Crippen molar-refractivity contribution in [2.45, 2.75) is 12.5 Å². The second-order valence-corrected chi connectivity index (χ2v) is 7.95. The third-order valence-electron chi connectivity index (χ3n) is 5.83. The van der Waals surface area contributed by atoms with Crippen LogP contribution in [0.4, 0.5) is 30.5 Å². The summed E-state index contributed by atoms with van der Waals surface area (Å²) in [7, 11) is 0. The van der Waals surface area contributed by atoms with E-state index in [1.54, 1.807) is 12.1 Å². The van der Waals surface area contributed by atoms with Crippen LogP contribution in [0.5, 0.6) is 0 Å². The maximum atomic E-state index is 14.3. The van der Waals surface area contributed by atoms with Crippen molar-refractivity contribution in [3.05, 3.63) is 60.2 Å². The fourth-order valence-corrected chi connectivity index (χ4v) is 3.99. The highest BCUT2D eigenvalue weighted by molar-refractivity contribution is 5.62. The number of aromatic nitrogens is 3. The van der Waals surface area contributed by atoms with Crippen molar-refractivity contribution >= 4 is 17.3 Å². The van der Waals surface area contributed by atoms with Gasteiger partial charge in [-0.25, -0.2) is 17.9 Å². The first-order valence-electron chi connectivity index (χ1n) is 10.5. The summed E-state index contributed by atoms with van der Waals surface area (Å²) in [4.78, 5) is 8.75. The zero-order valence-electron chi connectivity index (χ0n) is 17.3. The van der Waals surface area contributed by atoms with E-state index in [2.05, 4.69) is 25.2 Å². The lowest BCUT2D eigenvalue weighted by Crippen LogP contribution is -2.56. The number of ether oxygens (including phenoxy) is 1. The summed E-state index contributed by atoms with van der Waals surface area (Å²) in [6.07, 6.45) is -1.14. The molecule has 2 aliphatic rings. The van der Waals surface area contributed by atoms with Crippen LogP contribution >= 0.6 is 0 Å². The number of nitrogens with zero attached hydrogens (tertiary/aromatic N) is 5. The molecule has 168 valence electrons. The quantitative estimate of drug-likeness (QED) is 0.627. The largest absolute Gasteiger partial charge is 0.378 e. The number of halogens is 3. The van der Waals surface area contributed by atoms with Gasteiger partial charge in [-0.2, -0.15) is 4.98 Å². The lowest BCUT2D eigenvalue weighted by molar-refractivity contribution is -0.0660. The Bertz CT molecular complexity index is 1080. The van der Waals surface area contributed by atoms with E-state index < -0.39 is 6.43 Å². The highest BCUT2D eigenvalue weighted by Gasteiger charge is 2.29. The van der Waals surface area contributed by atoms with E-state index in [4.69, 9.17) is 4.74 Å². The summed E-state index contributed by atoms with van der Waals surface area (Å²) in [6.45, 7) is 5.04. The molecule has 1 aromatic heterocycles. The molecule has 0 atom stereocenters. The molecule has 5 rings (SSSR count). The van der Waals surface area contributed by atoms with E-state index >= 15 is 0 Å². The fraction of sp³-hybridized carbons (Fsp3) is 0.364. The van der Waals surface area contributed by atoms with Crippen LogP contribution in [0.15, 0.2) is 48.8 Å². The van der Waals surface area contributed by atoms with Crippen LogP contribution < -0.4 is 10.2 Å². The van der Waals surface area contributed by atoms with Gasteiger partial charge in [0.25, 0.3) is 6.43 Å². The molecule has 0 spiro atoms. The average molecular weight is 444 g/mol. The van der Waals surface area contributed by atoms with E-state index in [0.717, 1.165) is 45.1 Å². The van der Waals surface area contributed by atoms with Gasteiger partial charge < -0.3 is 15.0 Å². The molecule has 0 bridgehead atoms. The van der Waals surface area contributed by atoms with E-state index in [-0.39, 0.29) is 17.3 Å². The third-order valence-corrected chi connectivity index (χ3v) is 5.83. The minimum Gasteiger partial charge on any atom is -0.378 e. The first-order valence-corrected chi connectivity index (χ1v) is 10.5. The topological polar surface area (TPSA) is 58.5 Å². The number of piperazine rings is 1. The molecule has 0 radical (unpaired) electrons. The van der Waals surface area contributed by atoms with Gasteiger partial charge in [-0.3, -0.25) is 4.90 Å². The summed E-state index contributed by atoms with van der Waals surface area (Å²) < 4.78 is 46.9. The molecule has 3 aromatic rings. The van der Waals surface area contributed by atoms with Gasteiger partial charge in [-0.05, 0) is 30.3 Å². The number of benzene rings is 2. The Morgan fingerprint density at radius 1 is 1.00 bits per heavy atom. The van der Waals surface area contributed by atoms with Crippen LogP contribution in [0.1, 0.15) is 12.0 Å². The van der Waals surface area contributed by atoms with Crippen LogP contribution in [0, 0.1) is 5.82 Å². The number of rotatable bonds is 6. The van der Waals surface area contributed by atoms with Crippen LogP contribution in [0.2, 0.25) is 0 Å². The maximum Gasteiger partial charge on any atom is 0.263 e. The minimum absolute atomic E-state index is 0.0905. The molecule has 2 aliphatic heterocycles. The molecule has 10 heteroatoms. The highest BCUT2D eigenvalue weighted by Crippen LogP contribution is 2.26. The standard InChI is InChI=1S/C22H23F3N6O/c23-16-9-17(11-19(10-16)29-4-6-30(7-5-29)20-12-32-13-20)27-22-26-14-31(28-22)18-3-1-2-15(8-18)21(24)25/h1-3,8-11,14,20-21H,4-7,12-13H2,(H,27,28).